The summed E-state index contributed by atoms with van der Waals surface area (Å²) in [5.74, 6) is 0.712. The second-order valence-electron chi connectivity index (χ2n) is 11.9. The quantitative estimate of drug-likeness (QED) is 0.187. The number of para-hydroxylation sites is 2. The van der Waals surface area contributed by atoms with Crippen LogP contribution in [0.15, 0.2) is 176 Å². The normalized spacial score (nSPS) is 13.8. The van der Waals surface area contributed by atoms with Gasteiger partial charge in [-0.1, -0.05) is 152 Å². The number of hydrogen-bond donors (Lipinski definition) is 0. The van der Waals surface area contributed by atoms with Gasteiger partial charge in [0.2, 0.25) is 5.95 Å². The first-order valence-electron chi connectivity index (χ1n) is 20.1. The first kappa shape index (κ1) is 21.2. The summed E-state index contributed by atoms with van der Waals surface area (Å²) in [6.45, 7) is 0. The minimum absolute atomic E-state index is 0.0604. The summed E-state index contributed by atoms with van der Waals surface area (Å²) in [7, 11) is 0. The minimum Gasteiger partial charge on any atom is -0.307 e. The topological polar surface area (TPSA) is 48.5 Å². The maximum absolute atomic E-state index is 9.59. The fourth-order valence-electron chi connectivity index (χ4n) is 6.69. The Kier molecular flexibility index (Phi) is 4.83. The highest BCUT2D eigenvalue weighted by Crippen LogP contribution is 2.41. The van der Waals surface area contributed by atoms with E-state index in [0.717, 1.165) is 11.1 Å². The van der Waals surface area contributed by atoms with Crippen LogP contribution in [-0.2, 0) is 0 Å². The van der Waals surface area contributed by atoms with E-state index in [1.807, 2.05) is 115 Å². The summed E-state index contributed by atoms with van der Waals surface area (Å²) in [5.41, 5.74) is 4.84. The van der Waals surface area contributed by atoms with Crippen molar-refractivity contribution in [2.24, 2.45) is 0 Å². The van der Waals surface area contributed by atoms with Gasteiger partial charge in [-0.2, -0.15) is 9.97 Å². The highest BCUT2D eigenvalue weighted by molar-refractivity contribution is 6.23. The van der Waals surface area contributed by atoms with Gasteiger partial charge in [0, 0.05) is 38.4 Å². The smallest absolute Gasteiger partial charge is 0.238 e. The Morgan fingerprint density at radius 1 is 0.380 bits per heavy atom. The van der Waals surface area contributed by atoms with Gasteiger partial charge in [-0.25, -0.2) is 4.98 Å². The molecule has 234 valence electrons. The molecule has 5 nitrogen and oxygen atoms in total. The molecule has 10 rings (SSSR count). The van der Waals surface area contributed by atoms with Crippen LogP contribution < -0.4 is 0 Å². The monoisotopic (exact) mass is 647 g/mol. The molecule has 3 heterocycles. The molecule has 0 spiro atoms. The summed E-state index contributed by atoms with van der Waals surface area (Å²) < 4.78 is 76.9. The lowest BCUT2D eigenvalue weighted by Crippen LogP contribution is -2.07. The van der Waals surface area contributed by atoms with Crippen molar-refractivity contribution in [2.45, 2.75) is 0 Å². The summed E-state index contributed by atoms with van der Waals surface area (Å²) in [6.07, 6.45) is 0. The van der Waals surface area contributed by atoms with E-state index in [2.05, 4.69) is 0 Å². The van der Waals surface area contributed by atoms with Crippen LogP contribution >= 0.6 is 0 Å². The molecule has 0 bridgehead atoms. The first-order chi connectivity index (χ1) is 28.1. The molecule has 0 saturated carbocycles. The van der Waals surface area contributed by atoms with Crippen LogP contribution in [0.4, 0.5) is 0 Å². The molecule has 0 amide bonds. The van der Waals surface area contributed by atoms with E-state index in [1.54, 1.807) is 9.13 Å². The van der Waals surface area contributed by atoms with E-state index in [-0.39, 0.29) is 92.4 Å². The molecule has 10 aromatic rings. The predicted octanol–water partition coefficient (Wildman–Crippen LogP) is 11.1. The zero-order valence-electron chi connectivity index (χ0n) is 34.4. The van der Waals surface area contributed by atoms with E-state index in [4.69, 9.17) is 17.7 Å². The summed E-state index contributed by atoms with van der Waals surface area (Å²) >= 11 is 0. The number of aromatic nitrogens is 5. The fourth-order valence-corrected chi connectivity index (χ4v) is 6.69. The van der Waals surface area contributed by atoms with E-state index < -0.39 is 0 Å². The van der Waals surface area contributed by atoms with Gasteiger partial charge in [-0.3, -0.25) is 4.57 Å². The molecule has 50 heavy (non-hydrogen) atoms. The van der Waals surface area contributed by atoms with Crippen molar-refractivity contribution >= 4 is 43.6 Å². The van der Waals surface area contributed by atoms with Crippen molar-refractivity contribution in [1.29, 1.82) is 0 Å². The molecule has 0 radical (unpaired) electrons. The van der Waals surface area contributed by atoms with E-state index >= 15 is 0 Å². The van der Waals surface area contributed by atoms with Crippen LogP contribution in [0, 0.1) is 0 Å². The third-order valence-electron chi connectivity index (χ3n) is 8.96. The molecular weight excluding hydrogens is 611 g/mol. The Balaban J connectivity index is 1.45. The van der Waals surface area contributed by atoms with Crippen LogP contribution in [0.1, 0.15) is 11.0 Å². The van der Waals surface area contributed by atoms with Crippen LogP contribution in [-0.4, -0.2) is 24.1 Å². The summed E-state index contributed by atoms with van der Waals surface area (Å²) in [6, 6.07) is 37.2. The van der Waals surface area contributed by atoms with Gasteiger partial charge in [0.05, 0.1) is 33.0 Å². The fraction of sp³-hybridized carbons (Fsp3) is 0. The van der Waals surface area contributed by atoms with Crippen molar-refractivity contribution in [3.05, 3.63) is 176 Å². The SMILES string of the molecule is [2H]c1cc([2H])c2c(c1[2H])c1c([2H])c([2H])c3c4c([2H])c([2H])cc([2H])c4n(-c4nc(-c5ccccc5)nc(-c5ccccc5)n4)c3c1n2-c1ccc(-c2ccccc2)cc1. The van der Waals surface area contributed by atoms with Crippen molar-refractivity contribution < 1.29 is 11.0 Å². The Morgan fingerprint density at radius 2 is 0.840 bits per heavy atom. The molecule has 3 aromatic heterocycles. The number of rotatable bonds is 5. The summed E-state index contributed by atoms with van der Waals surface area (Å²) in [4.78, 5) is 14.9. The van der Waals surface area contributed by atoms with Crippen molar-refractivity contribution in [2.75, 3.05) is 0 Å². The number of nitrogens with zero attached hydrogens (tertiary/aromatic N) is 5. The van der Waals surface area contributed by atoms with Crippen molar-refractivity contribution in [3.8, 4) is 45.5 Å². The third kappa shape index (κ3) is 4.45. The molecule has 0 atom stereocenters. The molecule has 0 aliphatic rings. The zero-order chi connectivity index (χ0) is 40.0. The molecule has 0 fully saturated rings. The van der Waals surface area contributed by atoms with Gasteiger partial charge in [-0.15, -0.1) is 0 Å². The van der Waals surface area contributed by atoms with E-state index in [1.165, 1.54) is 12.1 Å². The number of benzene rings is 7. The van der Waals surface area contributed by atoms with E-state index in [9.17, 15) is 8.22 Å². The van der Waals surface area contributed by atoms with Gasteiger partial charge in [0.1, 0.15) is 0 Å². The molecule has 7 aromatic carbocycles. The van der Waals surface area contributed by atoms with Crippen molar-refractivity contribution in [1.82, 2.24) is 24.1 Å². The van der Waals surface area contributed by atoms with Gasteiger partial charge in [0.25, 0.3) is 0 Å². The molecule has 0 saturated heterocycles. The molecular formula is C45H29N5. The van der Waals surface area contributed by atoms with Gasteiger partial charge in [-0.05, 0) is 35.3 Å². The lowest BCUT2D eigenvalue weighted by molar-refractivity contribution is 0.953. The van der Waals surface area contributed by atoms with Gasteiger partial charge >= 0.3 is 0 Å². The minimum atomic E-state index is -0.301. The maximum atomic E-state index is 9.59. The van der Waals surface area contributed by atoms with Crippen LogP contribution in [0.3, 0.4) is 0 Å². The van der Waals surface area contributed by atoms with Gasteiger partial charge < -0.3 is 4.57 Å². The lowest BCUT2D eigenvalue weighted by Gasteiger charge is -2.13. The highest BCUT2D eigenvalue weighted by Gasteiger charge is 2.23. The summed E-state index contributed by atoms with van der Waals surface area (Å²) in [5, 5.41) is 0.532. The molecule has 0 unspecified atom stereocenters. The third-order valence-corrected chi connectivity index (χ3v) is 8.96. The Hall–Kier alpha value is -6.85. The molecule has 0 N–H and O–H groups in total. The average molecular weight is 648 g/mol. The first-order valence-corrected chi connectivity index (χ1v) is 16.1. The highest BCUT2D eigenvalue weighted by atomic mass is 15.2. The lowest BCUT2D eigenvalue weighted by atomic mass is 10.1. The maximum Gasteiger partial charge on any atom is 0.238 e. The second kappa shape index (κ2) is 11.4. The van der Waals surface area contributed by atoms with Crippen LogP contribution in [0.25, 0.3) is 89.2 Å². The largest absolute Gasteiger partial charge is 0.307 e. The molecule has 0 aliphatic heterocycles. The predicted molar refractivity (Wildman–Crippen MR) is 205 cm³/mol. The number of hydrogen-bond acceptors (Lipinski definition) is 3. The Bertz CT molecular complexity index is 3240. The van der Waals surface area contributed by atoms with Crippen LogP contribution in [0.5, 0.6) is 0 Å². The molecule has 0 aliphatic carbocycles. The Labute approximate surface area is 299 Å². The van der Waals surface area contributed by atoms with E-state index in [0.29, 0.717) is 34.0 Å². The van der Waals surface area contributed by atoms with Gasteiger partial charge in [0.15, 0.2) is 11.6 Å². The van der Waals surface area contributed by atoms with Crippen molar-refractivity contribution in [3.63, 3.8) is 0 Å². The number of fused-ring (bicyclic) bond motifs is 7. The zero-order valence-corrected chi connectivity index (χ0v) is 26.4. The standard InChI is InChI=1S/C45H29N5/c1-4-14-30(15-5-1)31-24-26-34(27-25-31)49-39-22-12-10-20-35(39)37-28-29-38-36-21-11-13-23-40(36)50(42(38)41(37)49)45-47-43(32-16-6-2-7-17-32)46-44(48-45)33-18-8-3-9-19-33/h1-29H/i10D,11D,20D,21D,22D,23D,28D,29D. The average Bonchev–Trinajstić information content (AvgIpc) is 3.81. The Morgan fingerprint density at radius 3 is 1.38 bits per heavy atom. The van der Waals surface area contributed by atoms with Crippen LogP contribution in [0.2, 0.25) is 0 Å². The second-order valence-corrected chi connectivity index (χ2v) is 11.9. The molecule has 5 heteroatoms.